The fourth-order valence-corrected chi connectivity index (χ4v) is 4.80. The highest BCUT2D eigenvalue weighted by Gasteiger charge is 2.47. The number of halogens is 2. The Morgan fingerprint density at radius 1 is 1.25 bits per heavy atom. The maximum Gasteiger partial charge on any atom is 0.238 e. The average molecular weight is 424 g/mol. The van der Waals surface area contributed by atoms with Crippen LogP contribution in [0.1, 0.15) is 30.5 Å². The summed E-state index contributed by atoms with van der Waals surface area (Å²) in [6.45, 7) is 0.197. The number of aromatic amines is 1. The Labute approximate surface area is 175 Å². The Balaban J connectivity index is 0.00000112. The molecule has 0 radical (unpaired) electrons. The first-order chi connectivity index (χ1) is 12.7. The molecular weight excluding hydrogens is 401 g/mol. The zero-order valence-corrected chi connectivity index (χ0v) is 16.7. The van der Waals surface area contributed by atoms with Gasteiger partial charge in [-0.05, 0) is 49.3 Å². The number of rotatable bonds is 4. The first-order valence-corrected chi connectivity index (χ1v) is 9.10. The van der Waals surface area contributed by atoms with Crippen molar-refractivity contribution >= 4 is 54.4 Å². The fourth-order valence-electron chi connectivity index (χ4n) is 4.80. The lowest BCUT2D eigenvalue weighted by molar-refractivity contribution is 0.166. The molecule has 9 heteroatoms. The maximum atomic E-state index is 10.2. The van der Waals surface area contributed by atoms with Crippen LogP contribution in [-0.2, 0) is 0 Å². The van der Waals surface area contributed by atoms with Crippen molar-refractivity contribution in [2.45, 2.75) is 25.3 Å². The third kappa shape index (κ3) is 3.38. The third-order valence-electron chi connectivity index (χ3n) is 6.04. The topological polar surface area (TPSA) is 106 Å². The highest BCUT2D eigenvalue weighted by molar-refractivity contribution is 6.20. The van der Waals surface area contributed by atoms with Gasteiger partial charge in [0.25, 0.3) is 0 Å². The molecule has 4 atom stereocenters. The van der Waals surface area contributed by atoms with Gasteiger partial charge in [0.2, 0.25) is 11.8 Å². The minimum atomic E-state index is -0.0468. The SMILES string of the molecule is Cl.Cl.OC[C@H]1[C@H]2CC[C@H](C2)[C@@H]1Nc1nc(O)c(C=C2C=Nc3ncccc32)[nH]1. The second kappa shape index (κ2) is 8.11. The van der Waals surface area contributed by atoms with Crippen LogP contribution in [0.15, 0.2) is 23.3 Å². The van der Waals surface area contributed by atoms with E-state index in [-0.39, 0.29) is 49.3 Å². The average Bonchev–Trinajstić information content (AvgIpc) is 3.41. The number of fused-ring (bicyclic) bond motifs is 3. The summed E-state index contributed by atoms with van der Waals surface area (Å²) in [5.41, 5.74) is 2.35. The summed E-state index contributed by atoms with van der Waals surface area (Å²) in [4.78, 5) is 15.9. The Bertz CT molecular complexity index is 913. The molecule has 0 saturated heterocycles. The van der Waals surface area contributed by atoms with Crippen LogP contribution in [0.3, 0.4) is 0 Å². The second-order valence-electron chi connectivity index (χ2n) is 7.40. The lowest BCUT2D eigenvalue weighted by atomic mass is 9.85. The van der Waals surface area contributed by atoms with Gasteiger partial charge in [-0.15, -0.1) is 24.8 Å². The Hall–Kier alpha value is -2.09. The molecule has 150 valence electrons. The number of H-pyrrole nitrogens is 1. The Morgan fingerprint density at radius 2 is 2.07 bits per heavy atom. The number of pyridine rings is 1. The van der Waals surface area contributed by atoms with Crippen LogP contribution in [-0.4, -0.2) is 44.0 Å². The molecule has 28 heavy (non-hydrogen) atoms. The molecule has 0 aromatic carbocycles. The van der Waals surface area contributed by atoms with Gasteiger partial charge in [0.1, 0.15) is 5.69 Å². The lowest BCUT2D eigenvalue weighted by Gasteiger charge is -2.30. The van der Waals surface area contributed by atoms with Crippen LogP contribution in [0.4, 0.5) is 11.8 Å². The molecule has 3 heterocycles. The molecule has 5 rings (SSSR count). The predicted molar refractivity (Wildman–Crippen MR) is 114 cm³/mol. The van der Waals surface area contributed by atoms with Gasteiger partial charge in [0.15, 0.2) is 5.82 Å². The number of hydrogen-bond acceptors (Lipinski definition) is 6. The predicted octanol–water partition coefficient (Wildman–Crippen LogP) is 3.43. The van der Waals surface area contributed by atoms with Crippen molar-refractivity contribution in [2.75, 3.05) is 11.9 Å². The van der Waals surface area contributed by atoms with Crippen LogP contribution < -0.4 is 5.32 Å². The molecule has 3 aliphatic rings. The van der Waals surface area contributed by atoms with Crippen molar-refractivity contribution in [2.24, 2.45) is 22.7 Å². The highest BCUT2D eigenvalue weighted by Crippen LogP contribution is 2.49. The highest BCUT2D eigenvalue weighted by atomic mass is 35.5. The van der Waals surface area contributed by atoms with Gasteiger partial charge in [-0.2, -0.15) is 4.98 Å². The van der Waals surface area contributed by atoms with Crippen LogP contribution in [0.25, 0.3) is 11.6 Å². The number of anilines is 1. The van der Waals surface area contributed by atoms with Gasteiger partial charge in [-0.3, -0.25) is 0 Å². The summed E-state index contributed by atoms with van der Waals surface area (Å²) in [6.07, 6.45) is 8.86. The van der Waals surface area contributed by atoms with Crippen molar-refractivity contribution in [1.29, 1.82) is 0 Å². The van der Waals surface area contributed by atoms with Crippen molar-refractivity contribution in [3.05, 3.63) is 29.6 Å². The largest absolute Gasteiger partial charge is 0.492 e. The molecular formula is C19H23Cl2N5O2. The van der Waals surface area contributed by atoms with Gasteiger partial charge in [-0.1, -0.05) is 0 Å². The molecule has 4 N–H and O–H groups in total. The Kier molecular flexibility index (Phi) is 5.98. The first kappa shape index (κ1) is 20.6. The smallest absolute Gasteiger partial charge is 0.238 e. The van der Waals surface area contributed by atoms with Crippen molar-refractivity contribution in [1.82, 2.24) is 15.0 Å². The summed E-state index contributed by atoms with van der Waals surface area (Å²) in [5, 5.41) is 23.4. The van der Waals surface area contributed by atoms with E-state index in [1.54, 1.807) is 12.4 Å². The summed E-state index contributed by atoms with van der Waals surface area (Å²) in [7, 11) is 0. The van der Waals surface area contributed by atoms with Crippen LogP contribution in [0.5, 0.6) is 5.88 Å². The molecule has 2 aliphatic carbocycles. The van der Waals surface area contributed by atoms with Gasteiger partial charge >= 0.3 is 0 Å². The van der Waals surface area contributed by atoms with E-state index in [2.05, 4.69) is 25.3 Å². The molecule has 0 unspecified atom stereocenters. The minimum absolute atomic E-state index is 0. The van der Waals surface area contributed by atoms with E-state index in [1.165, 1.54) is 19.3 Å². The van der Waals surface area contributed by atoms with E-state index >= 15 is 0 Å². The normalized spacial score (nSPS) is 28.1. The second-order valence-corrected chi connectivity index (χ2v) is 7.40. The number of hydrogen-bond donors (Lipinski definition) is 4. The Morgan fingerprint density at radius 3 is 2.89 bits per heavy atom. The van der Waals surface area contributed by atoms with Gasteiger partial charge in [0, 0.05) is 42.1 Å². The molecule has 2 fully saturated rings. The number of nitrogens with zero attached hydrogens (tertiary/aromatic N) is 3. The van der Waals surface area contributed by atoms with Crippen LogP contribution in [0.2, 0.25) is 0 Å². The van der Waals surface area contributed by atoms with E-state index < -0.39 is 0 Å². The molecule has 2 saturated carbocycles. The molecule has 7 nitrogen and oxygen atoms in total. The van der Waals surface area contributed by atoms with Gasteiger partial charge < -0.3 is 20.5 Å². The maximum absolute atomic E-state index is 10.2. The molecule has 2 aromatic heterocycles. The van der Waals surface area contributed by atoms with Gasteiger partial charge in [0.05, 0.1) is 0 Å². The van der Waals surface area contributed by atoms with Crippen molar-refractivity contribution in [3.63, 3.8) is 0 Å². The standard InChI is InChI=1S/C19H21N5O2.2ClH/c25-9-14-10-3-4-11(6-10)16(14)23-19-22-15(18(26)24-19)7-12-8-21-17-13(12)2-1-5-20-17;;/h1-2,5,7-8,10-11,14,16,25-26H,3-4,6,9H2,(H2,22,23,24);2*1H/t10-,11+,14-,16-;;/m0../s1. The number of aromatic hydroxyl groups is 1. The number of aliphatic hydroxyl groups excluding tert-OH is 1. The summed E-state index contributed by atoms with van der Waals surface area (Å²) in [6, 6.07) is 4.03. The first-order valence-electron chi connectivity index (χ1n) is 9.10. The zero-order valence-electron chi connectivity index (χ0n) is 15.1. The van der Waals surface area contributed by atoms with Crippen molar-refractivity contribution in [3.8, 4) is 5.88 Å². The van der Waals surface area contributed by atoms with Crippen molar-refractivity contribution < 1.29 is 10.2 Å². The quantitative estimate of drug-likeness (QED) is 0.602. The van der Waals surface area contributed by atoms with E-state index in [1.807, 2.05) is 18.2 Å². The van der Waals surface area contributed by atoms with Crippen LogP contribution in [0, 0.1) is 17.8 Å². The number of allylic oxidation sites excluding steroid dienone is 1. The summed E-state index contributed by atoms with van der Waals surface area (Å²) in [5.74, 6) is 2.63. The summed E-state index contributed by atoms with van der Waals surface area (Å²) < 4.78 is 0. The number of imidazole rings is 1. The van der Waals surface area contributed by atoms with E-state index in [4.69, 9.17) is 0 Å². The van der Waals surface area contributed by atoms with Gasteiger partial charge in [-0.25, -0.2) is 9.98 Å². The zero-order chi connectivity index (χ0) is 17.7. The minimum Gasteiger partial charge on any atom is -0.492 e. The van der Waals surface area contributed by atoms with E-state index in [0.717, 1.165) is 11.1 Å². The monoisotopic (exact) mass is 423 g/mol. The van der Waals surface area contributed by atoms with Crippen LogP contribution >= 0.6 is 24.8 Å². The lowest BCUT2D eigenvalue weighted by Crippen LogP contribution is -2.37. The molecule has 0 amide bonds. The number of aliphatic imine (C=N–C) groups is 1. The molecule has 1 aliphatic heterocycles. The summed E-state index contributed by atoms with van der Waals surface area (Å²) >= 11 is 0. The van der Waals surface area contributed by atoms with E-state index in [0.29, 0.717) is 29.3 Å². The molecule has 2 aromatic rings. The number of nitrogens with one attached hydrogen (secondary N) is 2. The third-order valence-corrected chi connectivity index (χ3v) is 6.04. The molecule has 0 spiro atoms. The number of aliphatic hydroxyl groups is 1. The fraction of sp³-hybridized carbons (Fsp3) is 0.421. The number of aromatic nitrogens is 3. The van der Waals surface area contributed by atoms with E-state index in [9.17, 15) is 10.2 Å². The molecule has 2 bridgehead atoms.